The third-order valence-corrected chi connectivity index (χ3v) is 5.09. The predicted octanol–water partition coefficient (Wildman–Crippen LogP) is 3.86. The van der Waals surface area contributed by atoms with Crippen LogP contribution in [-0.4, -0.2) is 36.4 Å². The molecule has 2 aliphatic heterocycles. The number of hydrogen-bond acceptors (Lipinski definition) is 4. The van der Waals surface area contributed by atoms with Crippen LogP contribution in [0.15, 0.2) is 60.3 Å². The summed E-state index contributed by atoms with van der Waals surface area (Å²) in [6.45, 7) is 4.24. The van der Waals surface area contributed by atoms with Gasteiger partial charge in [0.1, 0.15) is 11.4 Å². The summed E-state index contributed by atoms with van der Waals surface area (Å²) in [5.41, 5.74) is 2.34. The van der Waals surface area contributed by atoms with Crippen molar-refractivity contribution < 1.29 is 14.3 Å². The number of likely N-dealkylation sites (tertiary alicyclic amines) is 1. The van der Waals surface area contributed by atoms with Gasteiger partial charge in [-0.1, -0.05) is 43.3 Å². The Kier molecular flexibility index (Phi) is 5.15. The van der Waals surface area contributed by atoms with Crippen molar-refractivity contribution in [3.63, 3.8) is 0 Å². The average molecular weight is 376 g/mol. The first-order valence-corrected chi connectivity index (χ1v) is 9.87. The van der Waals surface area contributed by atoms with E-state index >= 15 is 0 Å². The Labute approximate surface area is 165 Å². The molecule has 2 aromatic carbocycles. The molecular weight excluding hydrogens is 352 g/mol. The molecule has 4 rings (SSSR count). The van der Waals surface area contributed by atoms with Gasteiger partial charge in [0.2, 0.25) is 0 Å². The minimum absolute atomic E-state index is 0.251. The standard InChI is InChI=1S/C23H24N2O3/c1-2-15-28-19-12-8-11-18(16-19)25-22(26)20(17-9-4-3-5-10-17)21(23(25)27)24-13-6-7-14-24/h3-5,8-12,16H,2,6-7,13-15H2,1H3. The molecule has 0 aliphatic carbocycles. The van der Waals surface area contributed by atoms with Crippen LogP contribution in [0.25, 0.3) is 5.57 Å². The van der Waals surface area contributed by atoms with Crippen molar-refractivity contribution in [2.24, 2.45) is 0 Å². The van der Waals surface area contributed by atoms with Crippen molar-refractivity contribution in [1.82, 2.24) is 4.90 Å². The van der Waals surface area contributed by atoms with Gasteiger partial charge in [0.15, 0.2) is 0 Å². The van der Waals surface area contributed by atoms with Gasteiger partial charge in [-0.2, -0.15) is 0 Å². The fraction of sp³-hybridized carbons (Fsp3) is 0.304. The molecule has 2 aromatic rings. The summed E-state index contributed by atoms with van der Waals surface area (Å²) in [6, 6.07) is 16.7. The van der Waals surface area contributed by atoms with E-state index in [0.717, 1.165) is 37.9 Å². The van der Waals surface area contributed by atoms with Crippen LogP contribution >= 0.6 is 0 Å². The van der Waals surface area contributed by atoms with Crippen molar-refractivity contribution in [1.29, 1.82) is 0 Å². The van der Waals surface area contributed by atoms with E-state index in [9.17, 15) is 9.59 Å². The zero-order chi connectivity index (χ0) is 19.5. The van der Waals surface area contributed by atoms with Gasteiger partial charge in [-0.3, -0.25) is 9.59 Å². The number of carbonyl (C=O) groups excluding carboxylic acids is 2. The molecule has 2 aliphatic rings. The minimum atomic E-state index is -0.272. The summed E-state index contributed by atoms with van der Waals surface area (Å²) < 4.78 is 5.69. The molecule has 144 valence electrons. The van der Waals surface area contributed by atoms with E-state index < -0.39 is 0 Å². The van der Waals surface area contributed by atoms with Crippen LogP contribution < -0.4 is 9.64 Å². The first-order valence-electron chi connectivity index (χ1n) is 9.87. The lowest BCUT2D eigenvalue weighted by Crippen LogP contribution is -2.34. The molecule has 0 aromatic heterocycles. The summed E-state index contributed by atoms with van der Waals surface area (Å²) in [7, 11) is 0. The molecule has 2 heterocycles. The van der Waals surface area contributed by atoms with Gasteiger partial charge in [-0.15, -0.1) is 0 Å². The predicted molar refractivity (Wildman–Crippen MR) is 109 cm³/mol. The topological polar surface area (TPSA) is 49.9 Å². The highest BCUT2D eigenvalue weighted by Gasteiger charge is 2.42. The molecule has 5 heteroatoms. The van der Waals surface area contributed by atoms with Crippen molar-refractivity contribution in [3.05, 3.63) is 65.9 Å². The lowest BCUT2D eigenvalue weighted by Gasteiger charge is -2.20. The highest BCUT2D eigenvalue weighted by atomic mass is 16.5. The van der Waals surface area contributed by atoms with Crippen molar-refractivity contribution in [2.75, 3.05) is 24.6 Å². The number of anilines is 1. The van der Waals surface area contributed by atoms with Crippen LogP contribution in [0.5, 0.6) is 5.75 Å². The van der Waals surface area contributed by atoms with Crippen molar-refractivity contribution in [2.45, 2.75) is 26.2 Å². The van der Waals surface area contributed by atoms with E-state index in [-0.39, 0.29) is 11.8 Å². The maximum absolute atomic E-state index is 13.4. The molecule has 0 N–H and O–H groups in total. The number of amides is 2. The van der Waals surface area contributed by atoms with Crippen molar-refractivity contribution >= 4 is 23.1 Å². The fourth-order valence-electron chi connectivity index (χ4n) is 3.78. The van der Waals surface area contributed by atoms with E-state index in [1.807, 2.05) is 49.4 Å². The Bertz CT molecular complexity index is 914. The Hall–Kier alpha value is -3.08. The maximum atomic E-state index is 13.4. The summed E-state index contributed by atoms with van der Waals surface area (Å²) >= 11 is 0. The first kappa shape index (κ1) is 18.3. The number of ether oxygens (including phenoxy) is 1. The van der Waals surface area contributed by atoms with E-state index in [1.54, 1.807) is 12.1 Å². The smallest absolute Gasteiger partial charge is 0.282 e. The molecule has 1 saturated heterocycles. The van der Waals surface area contributed by atoms with Gasteiger partial charge in [0, 0.05) is 19.2 Å². The zero-order valence-corrected chi connectivity index (χ0v) is 16.1. The van der Waals surface area contributed by atoms with Gasteiger partial charge in [-0.25, -0.2) is 4.90 Å². The molecule has 1 fully saturated rings. The molecule has 0 radical (unpaired) electrons. The Morgan fingerprint density at radius 3 is 2.39 bits per heavy atom. The van der Waals surface area contributed by atoms with Gasteiger partial charge < -0.3 is 9.64 Å². The number of benzene rings is 2. The van der Waals surface area contributed by atoms with Gasteiger partial charge in [-0.05, 0) is 37.0 Å². The van der Waals surface area contributed by atoms with E-state index in [0.29, 0.717) is 29.3 Å². The first-order chi connectivity index (χ1) is 13.7. The third-order valence-electron chi connectivity index (χ3n) is 5.09. The molecular formula is C23H24N2O3. The second kappa shape index (κ2) is 7.89. The van der Waals surface area contributed by atoms with Crippen LogP contribution in [0.1, 0.15) is 31.7 Å². The molecule has 2 amide bonds. The Balaban J connectivity index is 1.75. The van der Waals surface area contributed by atoms with Crippen molar-refractivity contribution in [3.8, 4) is 5.75 Å². The summed E-state index contributed by atoms with van der Waals surface area (Å²) in [5, 5.41) is 0. The van der Waals surface area contributed by atoms with Gasteiger partial charge in [0.25, 0.3) is 11.8 Å². The number of imide groups is 1. The molecule has 0 spiro atoms. The minimum Gasteiger partial charge on any atom is -0.494 e. The molecule has 0 atom stereocenters. The normalized spacial score (nSPS) is 17.0. The third kappa shape index (κ3) is 3.28. The van der Waals surface area contributed by atoms with E-state index in [1.165, 1.54) is 4.90 Å². The fourth-order valence-corrected chi connectivity index (χ4v) is 3.78. The number of nitrogens with zero attached hydrogens (tertiary/aromatic N) is 2. The average Bonchev–Trinajstić information content (AvgIpc) is 3.33. The van der Waals surface area contributed by atoms with Gasteiger partial charge in [0.05, 0.1) is 17.9 Å². The monoisotopic (exact) mass is 376 g/mol. The van der Waals surface area contributed by atoms with E-state index in [2.05, 4.69) is 4.90 Å². The summed E-state index contributed by atoms with van der Waals surface area (Å²) in [4.78, 5) is 30.1. The SMILES string of the molecule is CCCOc1cccc(N2C(=O)C(c3ccccc3)=C(N3CCCC3)C2=O)c1. The number of hydrogen-bond donors (Lipinski definition) is 0. The van der Waals surface area contributed by atoms with E-state index in [4.69, 9.17) is 4.74 Å². The second-order valence-electron chi connectivity index (χ2n) is 7.08. The van der Waals surface area contributed by atoms with Crippen LogP contribution in [0.2, 0.25) is 0 Å². The lowest BCUT2D eigenvalue weighted by molar-refractivity contribution is -0.120. The molecule has 0 saturated carbocycles. The maximum Gasteiger partial charge on any atom is 0.282 e. The summed E-state index contributed by atoms with van der Waals surface area (Å²) in [5.74, 6) is 0.139. The Morgan fingerprint density at radius 2 is 1.68 bits per heavy atom. The largest absolute Gasteiger partial charge is 0.494 e. The molecule has 0 unspecified atom stereocenters. The molecule has 5 nitrogen and oxygen atoms in total. The summed E-state index contributed by atoms with van der Waals surface area (Å²) in [6.07, 6.45) is 2.96. The molecule has 0 bridgehead atoms. The second-order valence-corrected chi connectivity index (χ2v) is 7.08. The van der Waals surface area contributed by atoms with Crippen LogP contribution in [-0.2, 0) is 9.59 Å². The van der Waals surface area contributed by atoms with Crippen LogP contribution in [0.3, 0.4) is 0 Å². The van der Waals surface area contributed by atoms with Crippen LogP contribution in [0, 0.1) is 0 Å². The number of carbonyl (C=O) groups is 2. The van der Waals surface area contributed by atoms with Gasteiger partial charge >= 0.3 is 0 Å². The lowest BCUT2D eigenvalue weighted by atomic mass is 10.0. The zero-order valence-electron chi connectivity index (χ0n) is 16.1. The highest BCUT2D eigenvalue weighted by molar-refractivity contribution is 6.45. The number of rotatable bonds is 6. The highest BCUT2D eigenvalue weighted by Crippen LogP contribution is 2.36. The Morgan fingerprint density at radius 1 is 0.929 bits per heavy atom. The molecule has 28 heavy (non-hydrogen) atoms. The quantitative estimate of drug-likeness (QED) is 0.719. The van der Waals surface area contributed by atoms with Crippen LogP contribution in [0.4, 0.5) is 5.69 Å².